The quantitative estimate of drug-likeness (QED) is 0.165. The highest BCUT2D eigenvalue weighted by Gasteiger charge is 2.12. The van der Waals surface area contributed by atoms with Gasteiger partial charge in [0.05, 0.1) is 0 Å². The van der Waals surface area contributed by atoms with Crippen LogP contribution in [0.3, 0.4) is 0 Å². The summed E-state index contributed by atoms with van der Waals surface area (Å²) < 4.78 is 2.71. The predicted molar refractivity (Wildman–Crippen MR) is 221 cm³/mol. The van der Waals surface area contributed by atoms with E-state index in [0.29, 0.717) is 0 Å². The topological polar surface area (TPSA) is 0 Å². The lowest BCUT2D eigenvalue weighted by molar-refractivity contribution is 1.59. The Labute approximate surface area is 299 Å². The van der Waals surface area contributed by atoms with Gasteiger partial charge in [0.1, 0.15) is 0 Å². The maximum Gasteiger partial charge on any atom is 0.0440 e. The normalized spacial score (nSPS) is 11.8. The van der Waals surface area contributed by atoms with Gasteiger partial charge in [0.25, 0.3) is 0 Å². The monoisotopic (exact) mass is 660 g/mol. The molecule has 0 aliphatic carbocycles. The molecule has 0 saturated heterocycles. The van der Waals surface area contributed by atoms with Crippen LogP contribution in [0, 0.1) is 12.1 Å². The van der Waals surface area contributed by atoms with Crippen molar-refractivity contribution in [1.29, 1.82) is 0 Å². The lowest BCUT2D eigenvalue weighted by Crippen LogP contribution is -1.84. The Bertz CT molecular complexity index is 3160. The molecule has 0 spiro atoms. The summed E-state index contributed by atoms with van der Waals surface area (Å²) in [6.45, 7) is 0. The Kier molecular flexibility index (Phi) is 6.14. The average molecular weight is 661 g/mol. The van der Waals surface area contributed by atoms with Gasteiger partial charge in [-0.1, -0.05) is 158 Å². The van der Waals surface area contributed by atoms with E-state index in [1.54, 1.807) is 0 Å². The van der Waals surface area contributed by atoms with Gasteiger partial charge in [-0.3, -0.25) is 0 Å². The molecule has 0 N–H and O–H groups in total. The zero-order valence-electron chi connectivity index (χ0n) is 27.6. The number of thiophene rings is 1. The van der Waals surface area contributed by atoms with Gasteiger partial charge >= 0.3 is 0 Å². The predicted octanol–water partition coefficient (Wildman–Crippen LogP) is 14.4. The van der Waals surface area contributed by atoms with Crippen LogP contribution in [0.2, 0.25) is 0 Å². The molecule has 11 rings (SSSR count). The molecule has 0 unspecified atom stereocenters. The Morgan fingerprint density at radius 1 is 0.333 bits per heavy atom. The zero-order chi connectivity index (χ0) is 33.5. The molecule has 1 heterocycles. The van der Waals surface area contributed by atoms with E-state index in [0.717, 1.165) is 10.8 Å². The first-order valence-electron chi connectivity index (χ1n) is 17.4. The molecule has 0 fully saturated rings. The van der Waals surface area contributed by atoms with Gasteiger partial charge in [0, 0.05) is 36.3 Å². The van der Waals surface area contributed by atoms with Crippen LogP contribution in [0.4, 0.5) is 0 Å². The third-order valence-electron chi connectivity index (χ3n) is 10.7. The minimum atomic E-state index is 1.09. The van der Waals surface area contributed by atoms with Crippen molar-refractivity contribution in [2.24, 2.45) is 0 Å². The molecular weight excluding hydrogens is 633 g/mol. The lowest BCUT2D eigenvalue weighted by Gasteiger charge is -2.10. The molecule has 1 aromatic heterocycles. The molecular formula is C50H28S. The molecule has 1 heteroatoms. The van der Waals surface area contributed by atoms with Crippen molar-refractivity contribution in [2.45, 2.75) is 0 Å². The van der Waals surface area contributed by atoms with Gasteiger partial charge in [-0.15, -0.1) is 11.3 Å². The summed E-state index contributed by atoms with van der Waals surface area (Å²) >= 11 is 1.90. The fraction of sp³-hybridized carbons (Fsp3) is 0. The van der Waals surface area contributed by atoms with Crippen molar-refractivity contribution < 1.29 is 0 Å². The van der Waals surface area contributed by atoms with Gasteiger partial charge < -0.3 is 0 Å². The van der Waals surface area contributed by atoms with E-state index in [-0.39, 0.29) is 0 Å². The molecule has 234 valence electrons. The number of hydrogen-bond acceptors (Lipinski definition) is 1. The third-order valence-corrected chi connectivity index (χ3v) is 11.9. The molecule has 0 saturated carbocycles. The van der Waals surface area contributed by atoms with Crippen molar-refractivity contribution in [3.8, 4) is 33.4 Å². The van der Waals surface area contributed by atoms with Gasteiger partial charge in [-0.25, -0.2) is 0 Å². The highest BCUT2D eigenvalue weighted by atomic mass is 32.1. The molecule has 0 nitrogen and oxygen atoms in total. The van der Waals surface area contributed by atoms with Crippen LogP contribution in [0.5, 0.6) is 0 Å². The number of rotatable bonds is 3. The van der Waals surface area contributed by atoms with Crippen molar-refractivity contribution in [3.05, 3.63) is 182 Å². The first-order valence-corrected chi connectivity index (χ1v) is 18.2. The summed E-state index contributed by atoms with van der Waals surface area (Å²) in [6, 6.07) is 69.2. The first kappa shape index (κ1) is 28.4. The van der Waals surface area contributed by atoms with E-state index in [1.165, 1.54) is 96.6 Å². The van der Waals surface area contributed by atoms with Crippen LogP contribution < -0.4 is 0 Å². The van der Waals surface area contributed by atoms with Crippen molar-refractivity contribution in [1.82, 2.24) is 0 Å². The molecule has 0 bridgehead atoms. The Balaban J connectivity index is 0.932. The fourth-order valence-corrected chi connectivity index (χ4v) is 9.30. The third kappa shape index (κ3) is 4.48. The minimum absolute atomic E-state index is 1.09. The first-order chi connectivity index (χ1) is 25.2. The van der Waals surface area contributed by atoms with Gasteiger partial charge in [-0.05, 0) is 95.3 Å². The lowest BCUT2D eigenvalue weighted by atomic mass is 9.94. The van der Waals surface area contributed by atoms with E-state index in [1.807, 2.05) is 11.3 Å². The van der Waals surface area contributed by atoms with Crippen LogP contribution in [-0.2, 0) is 0 Å². The summed E-state index contributed by atoms with van der Waals surface area (Å²) in [4.78, 5) is 0. The molecule has 11 aromatic rings. The summed E-state index contributed by atoms with van der Waals surface area (Å²) in [5, 5.41) is 15.0. The minimum Gasteiger partial charge on any atom is -0.135 e. The SMILES string of the molecule is c1c2ccc(-c3ccc(-c4ccc(-c5ccc6ccc7ccc8c9ccccc9sc8c7c6c5)cc4)cc3)cc2c2ccc3ccccc3c2c#1. The van der Waals surface area contributed by atoms with Gasteiger partial charge in [0.2, 0.25) is 0 Å². The molecule has 10 aromatic carbocycles. The van der Waals surface area contributed by atoms with Gasteiger partial charge in [-0.2, -0.15) is 0 Å². The number of fused-ring (bicyclic) bond motifs is 12. The summed E-state index contributed by atoms with van der Waals surface area (Å²) in [7, 11) is 0. The smallest absolute Gasteiger partial charge is 0.0440 e. The van der Waals surface area contributed by atoms with E-state index < -0.39 is 0 Å². The van der Waals surface area contributed by atoms with E-state index in [2.05, 4.69) is 182 Å². The van der Waals surface area contributed by atoms with Crippen molar-refractivity contribution >= 4 is 85.4 Å². The molecule has 0 amide bonds. The molecule has 51 heavy (non-hydrogen) atoms. The zero-order valence-corrected chi connectivity index (χ0v) is 28.4. The maximum atomic E-state index is 3.44. The van der Waals surface area contributed by atoms with Gasteiger partial charge in [0.15, 0.2) is 0 Å². The molecule has 0 radical (unpaired) electrons. The van der Waals surface area contributed by atoms with E-state index in [4.69, 9.17) is 0 Å². The summed E-state index contributed by atoms with van der Waals surface area (Å²) in [5.74, 6) is 0. The molecule has 0 aliphatic heterocycles. The Morgan fingerprint density at radius 2 is 0.863 bits per heavy atom. The summed E-state index contributed by atoms with van der Waals surface area (Å²) in [6.07, 6.45) is 0. The van der Waals surface area contributed by atoms with Crippen molar-refractivity contribution in [3.63, 3.8) is 0 Å². The standard InChI is InChI=1S/C50H28S/c1-2-6-41-35(5-1)23-27-43-42(41)26-24-36-18-21-39(29-46(36)43)33-13-9-31(10-14-33)32-11-15-34(16-12-32)40-22-19-37-17-20-38-25-28-45-44-7-3-4-8-48(44)51-50(45)49(38)47(37)30-40/h1-23,25,27-30H. The highest BCUT2D eigenvalue weighted by Crippen LogP contribution is 2.42. The second-order valence-electron chi connectivity index (χ2n) is 13.5. The maximum absolute atomic E-state index is 3.44. The van der Waals surface area contributed by atoms with E-state index in [9.17, 15) is 0 Å². The highest BCUT2D eigenvalue weighted by molar-refractivity contribution is 7.26. The molecule has 0 aliphatic rings. The second kappa shape index (κ2) is 11.0. The molecule has 0 atom stereocenters. The van der Waals surface area contributed by atoms with Crippen LogP contribution in [-0.4, -0.2) is 0 Å². The second-order valence-corrected chi connectivity index (χ2v) is 14.6. The fourth-order valence-electron chi connectivity index (χ4n) is 8.02. The van der Waals surface area contributed by atoms with Crippen LogP contribution in [0.15, 0.2) is 170 Å². The van der Waals surface area contributed by atoms with E-state index >= 15 is 0 Å². The van der Waals surface area contributed by atoms with Crippen LogP contribution >= 0.6 is 11.3 Å². The Hall–Kier alpha value is -6.46. The van der Waals surface area contributed by atoms with Crippen LogP contribution in [0.25, 0.3) is 107 Å². The van der Waals surface area contributed by atoms with Crippen molar-refractivity contribution in [2.75, 3.05) is 0 Å². The summed E-state index contributed by atoms with van der Waals surface area (Å²) in [5.41, 5.74) is 7.29. The number of benzene rings is 9. The van der Waals surface area contributed by atoms with Crippen LogP contribution in [0.1, 0.15) is 0 Å². The Morgan fingerprint density at radius 3 is 1.65 bits per heavy atom. The number of hydrogen-bond donors (Lipinski definition) is 0. The average Bonchev–Trinajstić information content (AvgIpc) is 3.59. The largest absolute Gasteiger partial charge is 0.135 e.